The van der Waals surface area contributed by atoms with E-state index in [-0.39, 0.29) is 6.61 Å². The van der Waals surface area contributed by atoms with Crippen LogP contribution >= 0.6 is 0 Å². The van der Waals surface area contributed by atoms with Crippen LogP contribution in [-0.4, -0.2) is 54.0 Å². The summed E-state index contributed by atoms with van der Waals surface area (Å²) in [5.41, 5.74) is -0.561. The van der Waals surface area contributed by atoms with Gasteiger partial charge in [0.25, 0.3) is 0 Å². The molecule has 0 aromatic rings. The maximum absolute atomic E-state index is 9.25. The third kappa shape index (κ3) is 13.1. The number of aliphatic hydroxyl groups is 2. The first kappa shape index (κ1) is 19.4. The number of carboxylic acid groups (broad SMARTS) is 1. The molecule has 2 atom stereocenters. The monoisotopic (exact) mass is 264 g/mol. The van der Waals surface area contributed by atoms with E-state index in [0.29, 0.717) is 6.10 Å². The molecule has 1 rings (SSSR count). The van der Waals surface area contributed by atoms with Crippen LogP contribution in [0.25, 0.3) is 0 Å². The minimum atomic E-state index is -0.981. The highest BCUT2D eigenvalue weighted by Crippen LogP contribution is 2.19. The molecule has 1 saturated heterocycles. The first-order valence-corrected chi connectivity index (χ1v) is 5.50. The normalized spacial score (nSPS) is 18.4. The van der Waals surface area contributed by atoms with Crippen molar-refractivity contribution in [1.29, 1.82) is 0 Å². The Morgan fingerprint density at radius 2 is 2.00 bits per heavy atom. The number of carbonyl (C=O) groups is 1. The molecule has 6 heteroatoms. The summed E-state index contributed by atoms with van der Waals surface area (Å²) in [4.78, 5) is 9.25. The first-order valence-electron chi connectivity index (χ1n) is 5.50. The molecule has 0 aromatic heterocycles. The van der Waals surface area contributed by atoms with Crippen molar-refractivity contribution < 1.29 is 29.6 Å². The maximum Gasteiger partial charge on any atom is 0.327 e. The molecule has 0 radical (unpaired) electrons. The maximum atomic E-state index is 9.25. The van der Waals surface area contributed by atoms with E-state index < -0.39 is 17.7 Å². The fourth-order valence-corrected chi connectivity index (χ4v) is 0.493. The molecule has 0 aliphatic carbocycles. The predicted molar refractivity (Wildman–Crippen MR) is 67.1 cm³/mol. The Kier molecular flexibility index (Phi) is 10.8. The van der Waals surface area contributed by atoms with Crippen LogP contribution in [0, 0.1) is 5.41 Å². The van der Waals surface area contributed by atoms with Crippen molar-refractivity contribution in [1.82, 2.24) is 0 Å². The van der Waals surface area contributed by atoms with Gasteiger partial charge in [-0.25, -0.2) is 4.79 Å². The molecule has 0 aromatic carbocycles. The number of hydrogen-bond acceptors (Lipinski definition) is 5. The van der Waals surface area contributed by atoms with Crippen LogP contribution < -0.4 is 0 Å². The lowest BCUT2D eigenvalue weighted by Gasteiger charge is -2.26. The highest BCUT2D eigenvalue weighted by molar-refractivity contribution is 5.78. The molecule has 0 spiro atoms. The lowest BCUT2D eigenvalue weighted by Crippen LogP contribution is -2.33. The molecule has 18 heavy (non-hydrogen) atoms. The minimum Gasteiger partial charge on any atom is -0.478 e. The Bertz CT molecular complexity index is 235. The van der Waals surface area contributed by atoms with E-state index in [4.69, 9.17) is 20.1 Å². The molecule has 0 saturated carbocycles. The van der Waals surface area contributed by atoms with Gasteiger partial charge in [-0.15, -0.1) is 0 Å². The van der Waals surface area contributed by atoms with E-state index >= 15 is 0 Å². The van der Waals surface area contributed by atoms with Crippen molar-refractivity contribution >= 4 is 5.97 Å². The van der Waals surface area contributed by atoms with Gasteiger partial charge in [-0.2, -0.15) is 0 Å². The number of rotatable bonds is 4. The molecule has 1 aliphatic rings. The zero-order valence-corrected chi connectivity index (χ0v) is 11.4. The van der Waals surface area contributed by atoms with Crippen LogP contribution in [0.3, 0.4) is 0 Å². The van der Waals surface area contributed by atoms with Gasteiger partial charge >= 0.3 is 5.97 Å². The van der Waals surface area contributed by atoms with E-state index in [1.165, 1.54) is 7.11 Å². The highest BCUT2D eigenvalue weighted by Gasteiger charge is 2.26. The van der Waals surface area contributed by atoms with Crippen molar-refractivity contribution in [2.75, 3.05) is 20.3 Å². The van der Waals surface area contributed by atoms with Gasteiger partial charge in [-0.05, 0) is 6.92 Å². The zero-order valence-electron chi connectivity index (χ0n) is 11.4. The van der Waals surface area contributed by atoms with Crippen LogP contribution in [-0.2, 0) is 14.3 Å². The summed E-state index contributed by atoms with van der Waals surface area (Å²) < 4.78 is 9.31. The van der Waals surface area contributed by atoms with E-state index in [9.17, 15) is 4.79 Å². The second-order valence-electron chi connectivity index (χ2n) is 4.42. The summed E-state index contributed by atoms with van der Waals surface area (Å²) in [5.74, 6) is -0.981. The number of carboxylic acids is 1. The molecule has 1 heterocycles. The van der Waals surface area contributed by atoms with Gasteiger partial charge in [0.05, 0.1) is 19.3 Å². The van der Waals surface area contributed by atoms with Gasteiger partial charge in [0.15, 0.2) is 6.29 Å². The average Bonchev–Trinajstić information content (AvgIpc) is 3.11. The second kappa shape index (κ2) is 10.0. The van der Waals surface area contributed by atoms with E-state index in [2.05, 4.69) is 18.2 Å². The van der Waals surface area contributed by atoms with Crippen molar-refractivity contribution in [3.05, 3.63) is 12.7 Å². The van der Waals surface area contributed by atoms with E-state index in [1.54, 1.807) is 13.8 Å². The van der Waals surface area contributed by atoms with Crippen molar-refractivity contribution in [2.45, 2.75) is 33.2 Å². The average molecular weight is 264 g/mol. The Morgan fingerprint density at radius 3 is 2.06 bits per heavy atom. The molecule has 1 aliphatic heterocycles. The van der Waals surface area contributed by atoms with Crippen molar-refractivity contribution in [2.24, 2.45) is 5.41 Å². The van der Waals surface area contributed by atoms with Gasteiger partial charge in [0, 0.05) is 18.6 Å². The Balaban J connectivity index is 0. The number of methoxy groups -OCH3 is 1. The summed E-state index contributed by atoms with van der Waals surface area (Å²) in [6, 6.07) is 0. The Hall–Kier alpha value is -0.950. The Labute approximate surface area is 108 Å². The van der Waals surface area contributed by atoms with Crippen LogP contribution in [0.1, 0.15) is 20.8 Å². The van der Waals surface area contributed by atoms with E-state index in [0.717, 1.165) is 12.7 Å². The summed E-state index contributed by atoms with van der Waals surface area (Å²) >= 11 is 0. The zero-order chi connectivity index (χ0) is 14.8. The fourth-order valence-electron chi connectivity index (χ4n) is 0.493. The lowest BCUT2D eigenvalue weighted by atomic mass is 9.94. The van der Waals surface area contributed by atoms with Crippen LogP contribution in [0.4, 0.5) is 0 Å². The summed E-state index contributed by atoms with van der Waals surface area (Å²) in [5, 5.41) is 25.3. The fraction of sp³-hybridized carbons (Fsp3) is 0.750. The molecule has 6 nitrogen and oxygen atoms in total. The smallest absolute Gasteiger partial charge is 0.327 e. The molecule has 108 valence electrons. The molecule has 0 bridgehead atoms. The minimum absolute atomic E-state index is 0.0813. The topological polar surface area (TPSA) is 99.5 Å². The SMILES string of the molecule is C=CC(=O)O.CC1CO1.COC(O)C(C)(C)CO. The summed E-state index contributed by atoms with van der Waals surface area (Å²) in [6.45, 7) is 9.37. The first-order chi connectivity index (χ1) is 8.21. The number of epoxide rings is 1. The lowest BCUT2D eigenvalue weighted by molar-refractivity contribution is -0.158. The molecular weight excluding hydrogens is 240 g/mol. The van der Waals surface area contributed by atoms with E-state index in [1.807, 2.05) is 0 Å². The van der Waals surface area contributed by atoms with Gasteiger partial charge in [-0.1, -0.05) is 20.4 Å². The van der Waals surface area contributed by atoms with Crippen molar-refractivity contribution in [3.63, 3.8) is 0 Å². The molecule has 2 unspecified atom stereocenters. The number of hydrogen-bond donors (Lipinski definition) is 3. The molecular formula is C12H24O6. The third-order valence-corrected chi connectivity index (χ3v) is 1.97. The largest absolute Gasteiger partial charge is 0.478 e. The Morgan fingerprint density at radius 1 is 1.67 bits per heavy atom. The highest BCUT2D eigenvalue weighted by atomic mass is 16.6. The molecule has 3 N–H and O–H groups in total. The molecule has 1 fully saturated rings. The second-order valence-corrected chi connectivity index (χ2v) is 4.42. The molecule has 0 amide bonds. The van der Waals surface area contributed by atoms with Gasteiger partial charge in [0.2, 0.25) is 0 Å². The predicted octanol–water partition coefficient (Wildman–Crippen LogP) is 0.632. The van der Waals surface area contributed by atoms with Gasteiger partial charge in [0.1, 0.15) is 0 Å². The van der Waals surface area contributed by atoms with Crippen LogP contribution in [0.2, 0.25) is 0 Å². The number of aliphatic carboxylic acids is 1. The number of aliphatic hydroxyl groups excluding tert-OH is 2. The standard InChI is InChI=1S/C6H14O3.C3H4O2.C3H6O/c1-6(2,4-7)5(8)9-3;1-2-3(4)5;1-3-2-4-3/h5,7-8H,4H2,1-3H3;2H,1H2,(H,4,5);3H,2H2,1H3. The van der Waals surface area contributed by atoms with Crippen molar-refractivity contribution in [3.8, 4) is 0 Å². The van der Waals surface area contributed by atoms with Gasteiger partial charge in [-0.3, -0.25) is 0 Å². The van der Waals surface area contributed by atoms with Crippen LogP contribution in [0.15, 0.2) is 12.7 Å². The van der Waals surface area contributed by atoms with Crippen LogP contribution in [0.5, 0.6) is 0 Å². The quantitative estimate of drug-likeness (QED) is 0.391. The number of ether oxygens (including phenoxy) is 2. The summed E-state index contributed by atoms with van der Waals surface area (Å²) in [7, 11) is 1.40. The van der Waals surface area contributed by atoms with Gasteiger partial charge < -0.3 is 24.8 Å². The third-order valence-electron chi connectivity index (χ3n) is 1.97. The summed E-state index contributed by atoms with van der Waals surface area (Å²) in [6.07, 6.45) is 0.530.